The molecule has 1 fully saturated rings. The lowest BCUT2D eigenvalue weighted by Gasteiger charge is -2.14. The van der Waals surface area contributed by atoms with Gasteiger partial charge in [-0.2, -0.15) is 0 Å². The number of primary sulfonamides is 1. The van der Waals surface area contributed by atoms with Gasteiger partial charge in [0, 0.05) is 18.2 Å². The summed E-state index contributed by atoms with van der Waals surface area (Å²) in [5, 5.41) is 8.22. The van der Waals surface area contributed by atoms with E-state index in [1.807, 2.05) is 0 Å². The molecule has 2 aromatic rings. The summed E-state index contributed by atoms with van der Waals surface area (Å²) < 4.78 is 48.7. The number of nitrogens with zero attached hydrogens (tertiary/aromatic N) is 2. The summed E-state index contributed by atoms with van der Waals surface area (Å²) >= 11 is 0. The smallest absolute Gasteiger partial charge is 0.209 e. The van der Waals surface area contributed by atoms with Gasteiger partial charge in [0.25, 0.3) is 0 Å². The third kappa shape index (κ3) is 3.91. The van der Waals surface area contributed by atoms with E-state index in [0.717, 1.165) is 25.0 Å². The van der Waals surface area contributed by atoms with Gasteiger partial charge in [0.2, 0.25) is 10.0 Å². The van der Waals surface area contributed by atoms with Gasteiger partial charge < -0.3 is 5.32 Å². The number of benzene rings is 1. The van der Waals surface area contributed by atoms with Crippen LogP contribution in [0.3, 0.4) is 0 Å². The van der Waals surface area contributed by atoms with Crippen molar-refractivity contribution < 1.29 is 17.2 Å². The molecule has 0 radical (unpaired) electrons. The van der Waals surface area contributed by atoms with Crippen molar-refractivity contribution in [2.75, 3.05) is 11.1 Å². The maximum Gasteiger partial charge on any atom is 0.209 e. The van der Waals surface area contributed by atoms with Crippen LogP contribution in [0.2, 0.25) is 0 Å². The van der Waals surface area contributed by atoms with Crippen LogP contribution >= 0.6 is 0 Å². The second kappa shape index (κ2) is 5.97. The van der Waals surface area contributed by atoms with Crippen molar-refractivity contribution in [1.82, 2.24) is 9.97 Å². The average molecular weight is 342 g/mol. The highest BCUT2D eigenvalue weighted by Crippen LogP contribution is 2.28. The Morgan fingerprint density at radius 2 is 1.91 bits per heavy atom. The Kier molecular flexibility index (Phi) is 4.15. The van der Waals surface area contributed by atoms with Crippen LogP contribution in [0.5, 0.6) is 0 Å². The molecule has 1 aromatic heterocycles. The van der Waals surface area contributed by atoms with Crippen LogP contribution in [-0.4, -0.2) is 30.2 Å². The highest BCUT2D eigenvalue weighted by Gasteiger charge is 2.27. The Morgan fingerprint density at radius 3 is 2.61 bits per heavy atom. The molecule has 2 atom stereocenters. The van der Waals surface area contributed by atoms with E-state index in [9.17, 15) is 17.2 Å². The minimum Gasteiger partial charge on any atom is -0.366 e. The summed E-state index contributed by atoms with van der Waals surface area (Å²) in [7, 11) is -3.47. The molecule has 3 N–H and O–H groups in total. The number of sulfonamides is 1. The van der Waals surface area contributed by atoms with Gasteiger partial charge in [0.05, 0.1) is 23.0 Å². The number of nitrogens with two attached hydrogens (primary N) is 1. The molecule has 0 amide bonds. The third-order valence-electron chi connectivity index (χ3n) is 3.95. The Morgan fingerprint density at radius 1 is 1.22 bits per heavy atom. The van der Waals surface area contributed by atoms with Crippen molar-refractivity contribution in [2.45, 2.75) is 25.3 Å². The number of anilines is 1. The first-order chi connectivity index (χ1) is 10.8. The van der Waals surface area contributed by atoms with Crippen LogP contribution < -0.4 is 10.5 Å². The minimum absolute atomic E-state index is 0.0162. The molecular formula is C14H16F2N4O2S. The maximum absolute atomic E-state index is 13.3. The first kappa shape index (κ1) is 16.0. The molecule has 6 nitrogen and oxygen atoms in total. The lowest BCUT2D eigenvalue weighted by molar-refractivity contribution is 0.510. The van der Waals surface area contributed by atoms with Crippen molar-refractivity contribution in [1.29, 1.82) is 0 Å². The summed E-state index contributed by atoms with van der Waals surface area (Å²) in [5.41, 5.74) is 0.529. The first-order valence-corrected chi connectivity index (χ1v) is 8.90. The number of hydrogen-bond donors (Lipinski definition) is 2. The SMILES string of the molecule is NS(=O)(=O)C[C@@H]1CC[C@H](Nc2cnc3cc(F)c(F)cc3n2)C1. The molecule has 124 valence electrons. The van der Waals surface area contributed by atoms with Crippen LogP contribution in [0.4, 0.5) is 14.6 Å². The highest BCUT2D eigenvalue weighted by molar-refractivity contribution is 7.89. The maximum atomic E-state index is 13.3. The Labute approximate surface area is 132 Å². The fourth-order valence-electron chi connectivity index (χ4n) is 2.97. The molecule has 3 rings (SSSR count). The predicted molar refractivity (Wildman–Crippen MR) is 82.2 cm³/mol. The summed E-state index contributed by atoms with van der Waals surface area (Å²) in [5.74, 6) is -1.50. The minimum atomic E-state index is -3.47. The van der Waals surface area contributed by atoms with Gasteiger partial charge in [0.15, 0.2) is 11.6 Å². The lowest BCUT2D eigenvalue weighted by Crippen LogP contribution is -2.23. The predicted octanol–water partition coefficient (Wildman–Crippen LogP) is 1.78. The standard InChI is InChI=1S/C14H16F2N4O2S/c15-10-4-12-13(5-11(10)16)20-14(6-18-12)19-9-2-1-8(3-9)7-23(17,21)22/h4-6,8-9H,1-3,7H2,(H,19,20)(H2,17,21,22)/t8-,9+/m1/s1. The van der Waals surface area contributed by atoms with E-state index in [2.05, 4.69) is 15.3 Å². The topological polar surface area (TPSA) is 98.0 Å². The Balaban J connectivity index is 1.71. The lowest BCUT2D eigenvalue weighted by atomic mass is 10.1. The van der Waals surface area contributed by atoms with Gasteiger partial charge >= 0.3 is 0 Å². The monoisotopic (exact) mass is 342 g/mol. The molecule has 1 aromatic carbocycles. The van der Waals surface area contributed by atoms with Crippen molar-refractivity contribution in [3.63, 3.8) is 0 Å². The summed E-state index contributed by atoms with van der Waals surface area (Å²) in [6.45, 7) is 0. The Hall–Kier alpha value is -1.87. The largest absolute Gasteiger partial charge is 0.366 e. The number of halogens is 2. The molecule has 0 bridgehead atoms. The number of rotatable bonds is 4. The van der Waals surface area contributed by atoms with E-state index < -0.39 is 21.7 Å². The van der Waals surface area contributed by atoms with Gasteiger partial charge in [0.1, 0.15) is 5.82 Å². The zero-order valence-corrected chi connectivity index (χ0v) is 13.0. The fraction of sp³-hybridized carbons (Fsp3) is 0.429. The average Bonchev–Trinajstić information content (AvgIpc) is 2.85. The molecule has 0 saturated heterocycles. The third-order valence-corrected chi connectivity index (χ3v) is 4.88. The molecule has 0 aliphatic heterocycles. The molecule has 1 aliphatic carbocycles. The van der Waals surface area contributed by atoms with E-state index in [1.54, 1.807) is 0 Å². The first-order valence-electron chi connectivity index (χ1n) is 7.19. The van der Waals surface area contributed by atoms with Crippen molar-refractivity contribution in [2.24, 2.45) is 11.1 Å². The molecule has 0 unspecified atom stereocenters. The zero-order valence-electron chi connectivity index (χ0n) is 12.2. The number of nitrogens with one attached hydrogen (secondary N) is 1. The molecule has 0 spiro atoms. The van der Waals surface area contributed by atoms with Gasteiger partial charge in [-0.05, 0) is 25.2 Å². The van der Waals surface area contributed by atoms with Gasteiger partial charge in [-0.15, -0.1) is 0 Å². The van der Waals surface area contributed by atoms with Crippen LogP contribution in [0.25, 0.3) is 11.0 Å². The van der Waals surface area contributed by atoms with Crippen LogP contribution in [0, 0.1) is 17.6 Å². The van der Waals surface area contributed by atoms with Gasteiger partial charge in [-0.1, -0.05) is 0 Å². The van der Waals surface area contributed by atoms with E-state index >= 15 is 0 Å². The van der Waals surface area contributed by atoms with Crippen molar-refractivity contribution in [3.8, 4) is 0 Å². The van der Waals surface area contributed by atoms with E-state index in [-0.39, 0.29) is 28.7 Å². The summed E-state index contributed by atoms with van der Waals surface area (Å²) in [6.07, 6.45) is 3.66. The fourth-order valence-corrected chi connectivity index (χ4v) is 3.93. The second-order valence-electron chi connectivity index (χ2n) is 5.86. The molecular weight excluding hydrogens is 326 g/mol. The second-order valence-corrected chi connectivity index (χ2v) is 7.52. The zero-order chi connectivity index (χ0) is 16.6. The quantitative estimate of drug-likeness (QED) is 0.882. The van der Waals surface area contributed by atoms with E-state index in [1.165, 1.54) is 6.20 Å². The normalized spacial score (nSPS) is 21.7. The summed E-state index contributed by atoms with van der Waals surface area (Å²) in [6, 6.07) is 2.05. The molecule has 9 heteroatoms. The molecule has 1 saturated carbocycles. The summed E-state index contributed by atoms with van der Waals surface area (Å²) in [4.78, 5) is 8.27. The van der Waals surface area contributed by atoms with Crippen LogP contribution in [0.15, 0.2) is 18.3 Å². The van der Waals surface area contributed by atoms with E-state index in [4.69, 9.17) is 5.14 Å². The number of aromatic nitrogens is 2. The Bertz CT molecular complexity index is 844. The molecule has 23 heavy (non-hydrogen) atoms. The van der Waals surface area contributed by atoms with Gasteiger partial charge in [-0.3, -0.25) is 4.98 Å². The van der Waals surface area contributed by atoms with Crippen molar-refractivity contribution >= 4 is 26.9 Å². The molecule has 1 aliphatic rings. The van der Waals surface area contributed by atoms with E-state index in [0.29, 0.717) is 12.2 Å². The highest BCUT2D eigenvalue weighted by atomic mass is 32.2. The van der Waals surface area contributed by atoms with Crippen LogP contribution in [0.1, 0.15) is 19.3 Å². The number of fused-ring (bicyclic) bond motifs is 1. The number of hydrogen-bond acceptors (Lipinski definition) is 5. The van der Waals surface area contributed by atoms with Gasteiger partial charge in [-0.25, -0.2) is 27.3 Å². The van der Waals surface area contributed by atoms with Crippen molar-refractivity contribution in [3.05, 3.63) is 30.0 Å². The molecule has 1 heterocycles. The van der Waals surface area contributed by atoms with Crippen LogP contribution in [-0.2, 0) is 10.0 Å².